The number of nitrogens with zero attached hydrogens (tertiary/aromatic N) is 4. The van der Waals surface area contributed by atoms with E-state index < -0.39 is 23.8 Å². The molecule has 0 atom stereocenters. The van der Waals surface area contributed by atoms with Crippen molar-refractivity contribution >= 4 is 46.7 Å². The van der Waals surface area contributed by atoms with Gasteiger partial charge in [-0.25, -0.2) is 30.7 Å². The van der Waals surface area contributed by atoms with Crippen LogP contribution < -0.4 is 11.3 Å². The summed E-state index contributed by atoms with van der Waals surface area (Å²) in [7, 11) is 3.37. The molecule has 0 saturated carbocycles. The number of thioether (sulfide) groups is 1. The third-order valence-electron chi connectivity index (χ3n) is 2.99. The number of hydrazine groups is 1. The SMILES string of the molecule is COC(=O)/C=C(\SC1=NN2C(C(=O)OC)=CC(=O)NN=C2N1N)C(=O)OC. The van der Waals surface area contributed by atoms with Crippen molar-refractivity contribution in [3.63, 3.8) is 0 Å². The van der Waals surface area contributed by atoms with E-state index in [0.717, 1.165) is 43.5 Å². The monoisotopic (exact) mass is 398 g/mol. The first-order valence-electron chi connectivity index (χ1n) is 6.99. The number of amidine groups is 1. The molecular weight excluding hydrogens is 384 g/mol. The molecule has 0 fully saturated rings. The average molecular weight is 398 g/mol. The molecule has 27 heavy (non-hydrogen) atoms. The van der Waals surface area contributed by atoms with Crippen LogP contribution in [-0.2, 0) is 33.4 Å². The van der Waals surface area contributed by atoms with E-state index in [4.69, 9.17) is 5.84 Å². The fourth-order valence-corrected chi connectivity index (χ4v) is 2.59. The minimum atomic E-state index is -0.874. The number of amides is 1. The second kappa shape index (κ2) is 8.33. The van der Waals surface area contributed by atoms with Crippen LogP contribution in [0.25, 0.3) is 0 Å². The van der Waals surface area contributed by atoms with E-state index in [-0.39, 0.29) is 21.7 Å². The van der Waals surface area contributed by atoms with Crippen LogP contribution in [-0.4, -0.2) is 66.3 Å². The Morgan fingerprint density at radius 1 is 1.22 bits per heavy atom. The van der Waals surface area contributed by atoms with Gasteiger partial charge in [-0.3, -0.25) is 4.79 Å². The van der Waals surface area contributed by atoms with Crippen LogP contribution in [0.2, 0.25) is 0 Å². The second-order valence-electron chi connectivity index (χ2n) is 4.60. The fourth-order valence-electron chi connectivity index (χ4n) is 1.77. The van der Waals surface area contributed by atoms with E-state index in [1.165, 1.54) is 0 Å². The zero-order valence-electron chi connectivity index (χ0n) is 14.3. The molecule has 0 aliphatic carbocycles. The molecule has 0 bridgehead atoms. The summed E-state index contributed by atoms with van der Waals surface area (Å²) in [5.74, 6) is 2.52. The highest BCUT2D eigenvalue weighted by Crippen LogP contribution is 2.27. The van der Waals surface area contributed by atoms with Crippen molar-refractivity contribution in [1.29, 1.82) is 0 Å². The number of nitrogens with two attached hydrogens (primary N) is 1. The Hall–Kier alpha value is -3.39. The molecule has 2 rings (SSSR count). The molecule has 14 heteroatoms. The number of ether oxygens (including phenoxy) is 3. The molecular formula is C13H14N6O7S. The highest BCUT2D eigenvalue weighted by Gasteiger charge is 2.38. The van der Waals surface area contributed by atoms with Crippen molar-refractivity contribution in [2.45, 2.75) is 0 Å². The smallest absolute Gasteiger partial charge is 0.357 e. The van der Waals surface area contributed by atoms with Crippen molar-refractivity contribution in [1.82, 2.24) is 15.4 Å². The maximum atomic E-state index is 11.9. The molecule has 0 radical (unpaired) electrons. The third-order valence-corrected chi connectivity index (χ3v) is 3.96. The number of rotatable bonds is 4. The molecule has 0 spiro atoms. The minimum Gasteiger partial charge on any atom is -0.466 e. The van der Waals surface area contributed by atoms with E-state index in [0.29, 0.717) is 11.8 Å². The lowest BCUT2D eigenvalue weighted by Crippen LogP contribution is -2.43. The molecule has 0 aromatic rings. The topological polar surface area (TPSA) is 165 Å². The Morgan fingerprint density at radius 3 is 2.52 bits per heavy atom. The van der Waals surface area contributed by atoms with E-state index in [1.54, 1.807) is 0 Å². The van der Waals surface area contributed by atoms with Crippen LogP contribution >= 0.6 is 11.8 Å². The number of fused-ring (bicyclic) bond motifs is 1. The first kappa shape index (κ1) is 19.9. The van der Waals surface area contributed by atoms with Crippen LogP contribution in [0.5, 0.6) is 0 Å². The summed E-state index contributed by atoms with van der Waals surface area (Å²) in [5.41, 5.74) is 1.87. The van der Waals surface area contributed by atoms with Gasteiger partial charge < -0.3 is 14.2 Å². The summed E-state index contributed by atoms with van der Waals surface area (Å²) in [6.07, 6.45) is 1.80. The van der Waals surface area contributed by atoms with E-state index >= 15 is 0 Å². The van der Waals surface area contributed by atoms with Gasteiger partial charge in [0.15, 0.2) is 5.70 Å². The maximum absolute atomic E-state index is 11.9. The van der Waals surface area contributed by atoms with Crippen LogP contribution in [0.1, 0.15) is 0 Å². The fraction of sp³-hybridized carbons (Fsp3) is 0.231. The van der Waals surface area contributed by atoms with Gasteiger partial charge in [-0.05, 0) is 11.8 Å². The lowest BCUT2D eigenvalue weighted by atomic mass is 10.3. The van der Waals surface area contributed by atoms with Gasteiger partial charge in [-0.15, -0.1) is 10.2 Å². The zero-order valence-corrected chi connectivity index (χ0v) is 15.1. The normalized spacial score (nSPS) is 16.4. The van der Waals surface area contributed by atoms with Gasteiger partial charge in [0, 0.05) is 12.2 Å². The van der Waals surface area contributed by atoms with Gasteiger partial charge in [-0.2, -0.15) is 5.01 Å². The van der Waals surface area contributed by atoms with Crippen LogP contribution in [0, 0.1) is 0 Å². The molecule has 2 aliphatic heterocycles. The van der Waals surface area contributed by atoms with Crippen LogP contribution in [0.3, 0.4) is 0 Å². The number of hydrogen-bond donors (Lipinski definition) is 2. The van der Waals surface area contributed by atoms with Gasteiger partial charge in [0.25, 0.3) is 11.9 Å². The number of hydrogen-bond acceptors (Lipinski definition) is 13. The van der Waals surface area contributed by atoms with Crippen molar-refractivity contribution in [2.24, 2.45) is 16.0 Å². The maximum Gasteiger partial charge on any atom is 0.357 e. The molecule has 3 N–H and O–H groups in total. The summed E-state index contributed by atoms with van der Waals surface area (Å²) < 4.78 is 13.7. The van der Waals surface area contributed by atoms with Crippen LogP contribution in [0.4, 0.5) is 0 Å². The summed E-state index contributed by atoms with van der Waals surface area (Å²) in [6.45, 7) is 0. The summed E-state index contributed by atoms with van der Waals surface area (Å²) in [5, 5.41) is 9.57. The number of guanidine groups is 1. The van der Waals surface area contributed by atoms with Gasteiger partial charge >= 0.3 is 17.9 Å². The van der Waals surface area contributed by atoms with Gasteiger partial charge in [0.2, 0.25) is 5.17 Å². The minimum absolute atomic E-state index is 0.0553. The van der Waals surface area contributed by atoms with E-state index in [9.17, 15) is 19.2 Å². The Bertz CT molecular complexity index is 818. The highest BCUT2D eigenvalue weighted by atomic mass is 32.2. The zero-order chi connectivity index (χ0) is 20.1. The lowest BCUT2D eigenvalue weighted by molar-refractivity contribution is -0.137. The van der Waals surface area contributed by atoms with Crippen molar-refractivity contribution in [3.8, 4) is 0 Å². The van der Waals surface area contributed by atoms with E-state index in [2.05, 4.69) is 29.8 Å². The Labute approximate surface area is 156 Å². The third kappa shape index (κ3) is 4.24. The molecule has 0 saturated heterocycles. The van der Waals surface area contributed by atoms with Crippen LogP contribution in [0.15, 0.2) is 33.0 Å². The Kier molecular flexibility index (Phi) is 6.15. The predicted octanol–water partition coefficient (Wildman–Crippen LogP) is -1.83. The summed E-state index contributed by atoms with van der Waals surface area (Å²) >= 11 is 0.654. The first-order valence-corrected chi connectivity index (χ1v) is 7.81. The molecule has 13 nitrogen and oxygen atoms in total. The molecule has 0 aromatic heterocycles. The summed E-state index contributed by atoms with van der Waals surface area (Å²) in [4.78, 5) is 46.7. The largest absolute Gasteiger partial charge is 0.466 e. The van der Waals surface area contributed by atoms with Gasteiger partial charge in [0.1, 0.15) is 4.91 Å². The number of nitrogens with one attached hydrogen (secondary N) is 1. The Balaban J connectivity index is 2.41. The standard InChI is InChI=1S/C13H14N6O7S/c1-24-9(21)5-7(11(23)26-3)27-13-17-19-6(10(22)25-2)4-8(20)15-16-12(19)18(13)14/h4-5H,14H2,1-3H3,(H,15,20)/b7-5-. The average Bonchev–Trinajstić information content (AvgIpc) is 2.86. The molecule has 0 aromatic carbocycles. The number of esters is 3. The quantitative estimate of drug-likeness (QED) is 0.237. The number of carbonyl (C=O) groups excluding carboxylic acids is 4. The van der Waals surface area contributed by atoms with Crippen molar-refractivity contribution in [3.05, 3.63) is 22.8 Å². The van der Waals surface area contributed by atoms with E-state index in [1.807, 2.05) is 0 Å². The van der Waals surface area contributed by atoms with Crippen molar-refractivity contribution in [2.75, 3.05) is 21.3 Å². The molecule has 2 heterocycles. The number of hydrazone groups is 2. The lowest BCUT2D eigenvalue weighted by Gasteiger charge is -2.17. The van der Waals surface area contributed by atoms with Crippen molar-refractivity contribution < 1.29 is 33.4 Å². The molecule has 144 valence electrons. The second-order valence-corrected chi connectivity index (χ2v) is 5.61. The molecule has 1 amide bonds. The number of carbonyl (C=O) groups is 4. The molecule has 2 aliphatic rings. The summed E-state index contributed by atoms with van der Waals surface area (Å²) in [6, 6.07) is 0. The predicted molar refractivity (Wildman–Crippen MR) is 90.7 cm³/mol. The Morgan fingerprint density at radius 2 is 1.93 bits per heavy atom. The first-order chi connectivity index (χ1) is 12.8. The van der Waals surface area contributed by atoms with Gasteiger partial charge in [-0.1, -0.05) is 0 Å². The highest BCUT2D eigenvalue weighted by molar-refractivity contribution is 8.17. The molecule has 0 unspecified atom stereocenters. The number of methoxy groups -OCH3 is 3. The van der Waals surface area contributed by atoms with Gasteiger partial charge in [0.05, 0.1) is 21.3 Å².